The third-order valence-corrected chi connectivity index (χ3v) is 9.87. The summed E-state index contributed by atoms with van der Waals surface area (Å²) in [6.45, 7) is 4.66. The van der Waals surface area contributed by atoms with Gasteiger partial charge < -0.3 is 10.1 Å². The molecular weight excluding hydrogens is 526 g/mol. The van der Waals surface area contributed by atoms with Crippen molar-refractivity contribution < 1.29 is 22.7 Å². The summed E-state index contributed by atoms with van der Waals surface area (Å²) in [4.78, 5) is 27.2. The summed E-state index contributed by atoms with van der Waals surface area (Å²) in [7, 11) is -3.61. The molecule has 0 radical (unpaired) electrons. The van der Waals surface area contributed by atoms with Gasteiger partial charge in [0.25, 0.3) is 5.91 Å². The van der Waals surface area contributed by atoms with Crippen LogP contribution in [0, 0.1) is 5.41 Å². The van der Waals surface area contributed by atoms with Gasteiger partial charge in [-0.15, -0.1) is 0 Å². The molecule has 2 fully saturated rings. The average Bonchev–Trinajstić information content (AvgIpc) is 3.72. The summed E-state index contributed by atoms with van der Waals surface area (Å²) in [6.07, 6.45) is 2.24. The molecule has 1 saturated heterocycles. The van der Waals surface area contributed by atoms with Crippen LogP contribution in [0.25, 0.3) is 0 Å². The number of hydrogen-bond donors (Lipinski definition) is 2. The van der Waals surface area contributed by atoms with Gasteiger partial charge in [-0.25, -0.2) is 17.9 Å². The predicted octanol–water partition coefficient (Wildman–Crippen LogP) is 5.21. The number of ether oxygens (including phenoxy) is 1. The fourth-order valence-electron chi connectivity index (χ4n) is 5.82. The van der Waals surface area contributed by atoms with Gasteiger partial charge in [-0.3, -0.25) is 9.69 Å². The molecule has 2 aliphatic heterocycles. The van der Waals surface area contributed by atoms with Crippen LogP contribution in [0.1, 0.15) is 59.8 Å². The predicted molar refractivity (Wildman–Crippen MR) is 154 cm³/mol. The van der Waals surface area contributed by atoms with E-state index in [9.17, 15) is 18.0 Å². The molecule has 0 bridgehead atoms. The highest BCUT2D eigenvalue weighted by Crippen LogP contribution is 2.46. The van der Waals surface area contributed by atoms with Crippen molar-refractivity contribution in [2.24, 2.45) is 5.41 Å². The van der Waals surface area contributed by atoms with E-state index in [1.807, 2.05) is 36.4 Å². The zero-order valence-electron chi connectivity index (χ0n) is 22.6. The van der Waals surface area contributed by atoms with Crippen LogP contribution >= 0.6 is 0 Å². The molecule has 0 spiro atoms. The highest BCUT2D eigenvalue weighted by molar-refractivity contribution is 7.91. The molecule has 8 nitrogen and oxygen atoms in total. The van der Waals surface area contributed by atoms with Gasteiger partial charge in [-0.2, -0.15) is 0 Å². The molecule has 2 heterocycles. The molecule has 3 aromatic rings. The third kappa shape index (κ3) is 5.18. The Kier molecular flexibility index (Phi) is 6.57. The van der Waals surface area contributed by atoms with Crippen LogP contribution in [0.5, 0.6) is 0 Å². The van der Waals surface area contributed by atoms with Crippen molar-refractivity contribution in [2.45, 2.75) is 56.9 Å². The molecule has 1 unspecified atom stereocenters. The Hall–Kier alpha value is -3.85. The van der Waals surface area contributed by atoms with E-state index in [-0.39, 0.29) is 23.6 Å². The second-order valence-electron chi connectivity index (χ2n) is 11.7. The van der Waals surface area contributed by atoms with Gasteiger partial charge in [0, 0.05) is 16.9 Å². The maximum atomic E-state index is 12.8. The van der Waals surface area contributed by atoms with Gasteiger partial charge in [0.05, 0.1) is 17.3 Å². The minimum absolute atomic E-state index is 0.0546. The fourth-order valence-corrected chi connectivity index (χ4v) is 7.12. The monoisotopic (exact) mass is 559 g/mol. The highest BCUT2D eigenvalue weighted by Gasteiger charge is 2.39. The van der Waals surface area contributed by atoms with Crippen LogP contribution in [-0.4, -0.2) is 38.3 Å². The maximum absolute atomic E-state index is 12.8. The third-order valence-electron chi connectivity index (χ3n) is 8.05. The van der Waals surface area contributed by atoms with Gasteiger partial charge >= 0.3 is 6.09 Å². The smallest absolute Gasteiger partial charge is 0.414 e. The highest BCUT2D eigenvalue weighted by atomic mass is 32.2. The van der Waals surface area contributed by atoms with E-state index in [4.69, 9.17) is 4.74 Å². The number of carbonyl (C=O) groups is 2. The van der Waals surface area contributed by atoms with Crippen LogP contribution < -0.4 is 14.9 Å². The number of cyclic esters (lactones) is 1. The molecule has 2 amide bonds. The molecule has 9 heteroatoms. The lowest BCUT2D eigenvalue weighted by Crippen LogP contribution is -2.37. The summed E-state index contributed by atoms with van der Waals surface area (Å²) >= 11 is 0. The van der Waals surface area contributed by atoms with Crippen LogP contribution in [0.3, 0.4) is 0 Å². The topological polar surface area (TPSA) is 105 Å². The second-order valence-corrected chi connectivity index (χ2v) is 13.6. The quantitative estimate of drug-likeness (QED) is 0.412. The molecule has 40 heavy (non-hydrogen) atoms. The number of rotatable bonds is 7. The Morgan fingerprint density at radius 3 is 2.58 bits per heavy atom. The average molecular weight is 560 g/mol. The van der Waals surface area contributed by atoms with E-state index >= 15 is 0 Å². The maximum Gasteiger partial charge on any atom is 0.414 e. The number of nitrogens with one attached hydrogen (secondary N) is 2. The molecule has 3 aromatic carbocycles. The lowest BCUT2D eigenvalue weighted by molar-refractivity contribution is 0.0981. The Bertz CT molecular complexity index is 1570. The van der Waals surface area contributed by atoms with Crippen molar-refractivity contribution in [1.29, 1.82) is 0 Å². The zero-order valence-corrected chi connectivity index (χ0v) is 23.4. The van der Waals surface area contributed by atoms with Crippen LogP contribution in [-0.2, 0) is 27.6 Å². The van der Waals surface area contributed by atoms with E-state index in [1.165, 1.54) is 0 Å². The standard InChI is InChI=1S/C31H33N3O5S/c1-31(2)18-23-16-22(29(35)33-40(37,38)26-12-13-26)11-14-27(23)32-28(31)21-9-6-10-24(17-21)34-25(19-39-30(34)36)15-20-7-4-3-5-8-20/h3-11,14,16-17,25-26,28,32H,12-13,15,18-19H2,1-2H3,(H,33,35)/t25-,28?/m1/s1. The normalized spacial score (nSPS) is 21.8. The summed E-state index contributed by atoms with van der Waals surface area (Å²) in [5.74, 6) is -0.593. The molecule has 208 valence electrons. The van der Waals surface area contributed by atoms with Crippen LogP contribution in [0.4, 0.5) is 16.2 Å². The minimum Gasteiger partial charge on any atom is -0.447 e. The van der Waals surface area contributed by atoms with Gasteiger partial charge in [-0.1, -0.05) is 56.3 Å². The molecule has 1 aliphatic carbocycles. The van der Waals surface area contributed by atoms with Crippen molar-refractivity contribution in [3.63, 3.8) is 0 Å². The summed E-state index contributed by atoms with van der Waals surface area (Å²) in [5.41, 5.74) is 4.95. The van der Waals surface area contributed by atoms with E-state index in [0.29, 0.717) is 37.9 Å². The van der Waals surface area contributed by atoms with Crippen LogP contribution in [0.2, 0.25) is 0 Å². The summed E-state index contributed by atoms with van der Waals surface area (Å²) in [6, 6.07) is 23.3. The number of hydrogen-bond acceptors (Lipinski definition) is 6. The molecule has 1 saturated carbocycles. The number of amides is 2. The summed E-state index contributed by atoms with van der Waals surface area (Å²) in [5, 5.41) is 3.19. The number of sulfonamides is 1. The number of carbonyl (C=O) groups excluding carboxylic acids is 2. The second kappa shape index (κ2) is 9.96. The first-order chi connectivity index (χ1) is 19.1. The first kappa shape index (κ1) is 26.4. The minimum atomic E-state index is -3.61. The van der Waals surface area contributed by atoms with Gasteiger partial charge in [0.2, 0.25) is 10.0 Å². The number of fused-ring (bicyclic) bond motifs is 1. The first-order valence-electron chi connectivity index (χ1n) is 13.7. The Morgan fingerprint density at radius 2 is 1.82 bits per heavy atom. The molecule has 2 atom stereocenters. The van der Waals surface area contributed by atoms with Crippen molar-refractivity contribution in [1.82, 2.24) is 4.72 Å². The van der Waals surface area contributed by atoms with Crippen molar-refractivity contribution in [3.8, 4) is 0 Å². The Balaban J connectivity index is 1.23. The molecule has 2 N–H and O–H groups in total. The SMILES string of the molecule is CC1(C)Cc2cc(C(=O)NS(=O)(=O)C3CC3)ccc2NC1c1cccc(N2C(=O)OC[C@H]2Cc2ccccc2)c1. The van der Waals surface area contributed by atoms with Crippen molar-refractivity contribution in [3.05, 3.63) is 95.1 Å². The van der Waals surface area contributed by atoms with Gasteiger partial charge in [0.1, 0.15) is 6.61 Å². The lowest BCUT2D eigenvalue weighted by Gasteiger charge is -2.41. The van der Waals surface area contributed by atoms with Crippen molar-refractivity contribution in [2.75, 3.05) is 16.8 Å². The molecule has 6 rings (SSSR count). The molecule has 0 aromatic heterocycles. The number of anilines is 2. The molecule has 3 aliphatic rings. The first-order valence-corrected chi connectivity index (χ1v) is 15.2. The van der Waals surface area contributed by atoms with Gasteiger partial charge in [-0.05, 0) is 78.1 Å². The van der Waals surface area contributed by atoms with Crippen molar-refractivity contribution >= 4 is 33.4 Å². The van der Waals surface area contributed by atoms with Gasteiger partial charge in [0.15, 0.2) is 0 Å². The van der Waals surface area contributed by atoms with Crippen LogP contribution in [0.15, 0.2) is 72.8 Å². The van der Waals surface area contributed by atoms with E-state index < -0.39 is 21.2 Å². The Labute approximate surface area is 234 Å². The largest absolute Gasteiger partial charge is 0.447 e. The Morgan fingerprint density at radius 1 is 1.05 bits per heavy atom. The zero-order chi connectivity index (χ0) is 28.1. The number of nitrogens with zero attached hydrogens (tertiary/aromatic N) is 1. The fraction of sp³-hybridized carbons (Fsp3) is 0.355. The van der Waals surface area contributed by atoms with E-state index in [0.717, 1.165) is 28.1 Å². The lowest BCUT2D eigenvalue weighted by atomic mass is 9.72. The number of benzene rings is 3. The van der Waals surface area contributed by atoms with E-state index in [1.54, 1.807) is 17.0 Å². The molecular formula is C31H33N3O5S. The summed E-state index contributed by atoms with van der Waals surface area (Å²) < 4.78 is 32.2. The van der Waals surface area contributed by atoms with E-state index in [2.05, 4.69) is 48.2 Å².